The van der Waals surface area contributed by atoms with Gasteiger partial charge in [0.15, 0.2) is 11.5 Å². The molecule has 2 aromatic rings. The van der Waals surface area contributed by atoms with E-state index in [1.807, 2.05) is 6.07 Å². The molecular formula is C24H29N5O2. The van der Waals surface area contributed by atoms with Gasteiger partial charge in [-0.25, -0.2) is 0 Å². The summed E-state index contributed by atoms with van der Waals surface area (Å²) in [5.74, 6) is 0.674. The van der Waals surface area contributed by atoms with Crippen LogP contribution in [0.15, 0.2) is 42.5 Å². The standard InChI is InChI=1S/C24H29N5O2/c30-23(25-11-14-28-15-17-31-18-16-28)21-5-6-22(27-26-21)29-12-9-24(10-13-29)8-7-19-3-1-2-4-20(19)24/h1-8H,9-18H2,(H,25,30). The summed E-state index contributed by atoms with van der Waals surface area (Å²) in [4.78, 5) is 16.9. The van der Waals surface area contributed by atoms with Gasteiger partial charge in [-0.1, -0.05) is 36.4 Å². The number of anilines is 1. The molecule has 0 bridgehead atoms. The summed E-state index contributed by atoms with van der Waals surface area (Å²) < 4.78 is 5.35. The van der Waals surface area contributed by atoms with Crippen LogP contribution in [0.5, 0.6) is 0 Å². The van der Waals surface area contributed by atoms with Gasteiger partial charge in [0.05, 0.1) is 13.2 Å². The number of carbonyl (C=O) groups excluding carboxylic acids is 1. The summed E-state index contributed by atoms with van der Waals surface area (Å²) in [5, 5.41) is 11.5. The highest BCUT2D eigenvalue weighted by atomic mass is 16.5. The molecule has 3 aliphatic rings. The number of nitrogens with zero attached hydrogens (tertiary/aromatic N) is 4. The van der Waals surface area contributed by atoms with Gasteiger partial charge in [-0.15, -0.1) is 10.2 Å². The van der Waals surface area contributed by atoms with Crippen molar-refractivity contribution < 1.29 is 9.53 Å². The maximum Gasteiger partial charge on any atom is 0.271 e. The molecule has 2 saturated heterocycles. The zero-order valence-electron chi connectivity index (χ0n) is 17.8. The Morgan fingerprint density at radius 3 is 2.61 bits per heavy atom. The number of rotatable bonds is 5. The quantitative estimate of drug-likeness (QED) is 0.801. The number of piperidine rings is 1. The minimum absolute atomic E-state index is 0.154. The second-order valence-corrected chi connectivity index (χ2v) is 8.55. The highest BCUT2D eigenvalue weighted by Crippen LogP contribution is 2.43. The van der Waals surface area contributed by atoms with Crippen LogP contribution >= 0.6 is 0 Å². The van der Waals surface area contributed by atoms with Gasteiger partial charge >= 0.3 is 0 Å². The lowest BCUT2D eigenvalue weighted by Crippen LogP contribution is -2.42. The Morgan fingerprint density at radius 1 is 1.03 bits per heavy atom. The number of morpholine rings is 1. The van der Waals surface area contributed by atoms with E-state index in [0.29, 0.717) is 12.2 Å². The first-order valence-electron chi connectivity index (χ1n) is 11.2. The molecule has 162 valence electrons. The first kappa shape index (κ1) is 20.2. The number of amides is 1. The summed E-state index contributed by atoms with van der Waals surface area (Å²) in [6, 6.07) is 12.4. The normalized spacial score (nSPS) is 20.1. The van der Waals surface area contributed by atoms with Gasteiger partial charge in [-0.3, -0.25) is 9.69 Å². The lowest BCUT2D eigenvalue weighted by molar-refractivity contribution is 0.0383. The molecule has 0 atom stereocenters. The van der Waals surface area contributed by atoms with Crippen LogP contribution in [0, 0.1) is 0 Å². The zero-order chi connectivity index (χ0) is 21.1. The largest absolute Gasteiger partial charge is 0.379 e. The van der Waals surface area contributed by atoms with Crippen molar-refractivity contribution in [2.24, 2.45) is 0 Å². The zero-order valence-corrected chi connectivity index (χ0v) is 17.8. The van der Waals surface area contributed by atoms with Crippen molar-refractivity contribution in [1.29, 1.82) is 0 Å². The third-order valence-corrected chi connectivity index (χ3v) is 6.76. The monoisotopic (exact) mass is 419 g/mol. The number of aromatic nitrogens is 2. The van der Waals surface area contributed by atoms with Crippen molar-refractivity contribution >= 4 is 17.8 Å². The van der Waals surface area contributed by atoms with Gasteiger partial charge in [0.25, 0.3) is 5.91 Å². The number of carbonyl (C=O) groups is 1. The average Bonchev–Trinajstić information content (AvgIpc) is 3.18. The Hall–Kier alpha value is -2.77. The van der Waals surface area contributed by atoms with Crippen LogP contribution in [0.25, 0.3) is 6.08 Å². The molecule has 2 aliphatic heterocycles. The summed E-state index contributed by atoms with van der Waals surface area (Å²) in [7, 11) is 0. The Balaban J connectivity index is 1.14. The fourth-order valence-electron chi connectivity index (χ4n) is 4.86. The van der Waals surface area contributed by atoms with Crippen molar-refractivity contribution in [2.75, 3.05) is 57.4 Å². The predicted molar refractivity (Wildman–Crippen MR) is 120 cm³/mol. The maximum atomic E-state index is 12.4. The van der Waals surface area contributed by atoms with Crippen molar-refractivity contribution in [2.45, 2.75) is 18.3 Å². The van der Waals surface area contributed by atoms with Crippen LogP contribution in [-0.2, 0) is 10.2 Å². The molecule has 7 nitrogen and oxygen atoms in total. The summed E-state index contributed by atoms with van der Waals surface area (Å²) in [6.07, 6.45) is 6.76. The van der Waals surface area contributed by atoms with E-state index in [0.717, 1.165) is 64.6 Å². The molecule has 31 heavy (non-hydrogen) atoms. The van der Waals surface area contributed by atoms with Gasteiger partial charge in [-0.05, 0) is 36.1 Å². The minimum atomic E-state index is -0.169. The van der Waals surface area contributed by atoms with Crippen LogP contribution in [-0.4, -0.2) is 73.5 Å². The summed E-state index contributed by atoms with van der Waals surface area (Å²) >= 11 is 0. The fourth-order valence-corrected chi connectivity index (χ4v) is 4.86. The molecule has 1 aromatic carbocycles. The van der Waals surface area contributed by atoms with Crippen LogP contribution in [0.2, 0.25) is 0 Å². The van der Waals surface area contributed by atoms with Crippen molar-refractivity contribution in [1.82, 2.24) is 20.4 Å². The maximum absolute atomic E-state index is 12.4. The van der Waals surface area contributed by atoms with Crippen molar-refractivity contribution in [3.63, 3.8) is 0 Å². The third kappa shape index (κ3) is 4.20. The lowest BCUT2D eigenvalue weighted by Gasteiger charge is -2.39. The number of ether oxygens (including phenoxy) is 1. The van der Waals surface area contributed by atoms with E-state index in [4.69, 9.17) is 4.74 Å². The van der Waals surface area contributed by atoms with E-state index < -0.39 is 0 Å². The molecule has 5 rings (SSSR count). The number of benzene rings is 1. The molecule has 1 aliphatic carbocycles. The number of allylic oxidation sites excluding steroid dienone is 1. The van der Waals surface area contributed by atoms with Gasteiger partial charge in [-0.2, -0.15) is 0 Å². The second-order valence-electron chi connectivity index (χ2n) is 8.55. The number of fused-ring (bicyclic) bond motifs is 2. The van der Waals surface area contributed by atoms with E-state index in [-0.39, 0.29) is 11.3 Å². The minimum Gasteiger partial charge on any atom is -0.379 e. The molecule has 0 unspecified atom stereocenters. The Bertz CT molecular complexity index is 945. The SMILES string of the molecule is O=C(NCCN1CCOCC1)c1ccc(N2CCC3(C=Cc4ccccc43)CC2)nn1. The molecule has 1 amide bonds. The molecule has 1 aromatic heterocycles. The molecule has 0 saturated carbocycles. The van der Waals surface area contributed by atoms with Gasteiger partial charge in [0, 0.05) is 44.7 Å². The van der Waals surface area contributed by atoms with Crippen LogP contribution in [0.4, 0.5) is 5.82 Å². The van der Waals surface area contributed by atoms with Crippen LogP contribution in [0.3, 0.4) is 0 Å². The number of hydrogen-bond acceptors (Lipinski definition) is 6. The van der Waals surface area contributed by atoms with Crippen molar-refractivity contribution in [3.05, 3.63) is 59.3 Å². The van der Waals surface area contributed by atoms with Gasteiger partial charge in [0.2, 0.25) is 0 Å². The smallest absolute Gasteiger partial charge is 0.271 e. The predicted octanol–water partition coefficient (Wildman–Crippen LogP) is 2.10. The summed E-state index contributed by atoms with van der Waals surface area (Å²) in [6.45, 7) is 6.66. The Morgan fingerprint density at radius 2 is 1.84 bits per heavy atom. The molecule has 1 spiro atoms. The second kappa shape index (κ2) is 8.77. The Kier molecular flexibility index (Phi) is 5.70. The molecule has 7 heteroatoms. The fraction of sp³-hybridized carbons (Fsp3) is 0.458. The summed E-state index contributed by atoms with van der Waals surface area (Å²) in [5.41, 5.74) is 3.32. The van der Waals surface area contributed by atoms with Gasteiger partial charge < -0.3 is 15.0 Å². The van der Waals surface area contributed by atoms with Crippen LogP contribution in [0.1, 0.15) is 34.5 Å². The van der Waals surface area contributed by atoms with Crippen LogP contribution < -0.4 is 10.2 Å². The average molecular weight is 420 g/mol. The van der Waals surface area contributed by atoms with E-state index in [1.54, 1.807) is 6.07 Å². The molecule has 2 fully saturated rings. The van der Waals surface area contributed by atoms with E-state index in [2.05, 4.69) is 61.7 Å². The highest BCUT2D eigenvalue weighted by molar-refractivity contribution is 5.92. The van der Waals surface area contributed by atoms with E-state index >= 15 is 0 Å². The number of hydrogen-bond donors (Lipinski definition) is 1. The third-order valence-electron chi connectivity index (χ3n) is 6.76. The lowest BCUT2D eigenvalue weighted by atomic mass is 9.74. The molecule has 0 radical (unpaired) electrons. The first-order valence-corrected chi connectivity index (χ1v) is 11.2. The molecular weight excluding hydrogens is 390 g/mol. The molecule has 1 N–H and O–H groups in total. The molecule has 3 heterocycles. The Labute approximate surface area is 183 Å². The van der Waals surface area contributed by atoms with Crippen molar-refractivity contribution in [3.8, 4) is 0 Å². The van der Waals surface area contributed by atoms with E-state index in [1.165, 1.54) is 11.1 Å². The first-order chi connectivity index (χ1) is 15.2. The van der Waals surface area contributed by atoms with Gasteiger partial charge in [0.1, 0.15) is 0 Å². The topological polar surface area (TPSA) is 70.6 Å². The highest BCUT2D eigenvalue weighted by Gasteiger charge is 2.38. The van der Waals surface area contributed by atoms with E-state index in [9.17, 15) is 4.79 Å². The number of nitrogens with one attached hydrogen (secondary N) is 1.